The Hall–Kier alpha value is -2.60. The highest BCUT2D eigenvalue weighted by atomic mass is 32.1. The zero-order chi connectivity index (χ0) is 20.5. The van der Waals surface area contributed by atoms with Crippen LogP contribution in [0.2, 0.25) is 0 Å². The van der Waals surface area contributed by atoms with Gasteiger partial charge in [0.05, 0.1) is 16.3 Å². The van der Waals surface area contributed by atoms with Crippen molar-refractivity contribution < 1.29 is 9.53 Å². The highest BCUT2D eigenvalue weighted by molar-refractivity contribution is 7.22. The molecule has 3 aromatic rings. The van der Waals surface area contributed by atoms with Gasteiger partial charge in [0.2, 0.25) is 0 Å². The van der Waals surface area contributed by atoms with E-state index >= 15 is 0 Å². The van der Waals surface area contributed by atoms with Gasteiger partial charge in [-0.15, -0.1) is 0 Å². The van der Waals surface area contributed by atoms with Crippen molar-refractivity contribution in [2.75, 3.05) is 31.1 Å². The summed E-state index contributed by atoms with van der Waals surface area (Å²) in [5.41, 5.74) is 4.30. The standard InChI is InChI=1S/C23H27N3O2S/c1-15(2)28-19-9-7-18(8-10-19)22(27)25-11-13-26(14-12-25)23-24-20-16(3)5-6-17(4)21(20)29-23/h5-10,15H,11-14H2,1-4H3. The lowest BCUT2D eigenvalue weighted by atomic mass is 10.1. The molecule has 0 radical (unpaired) electrons. The molecule has 1 aliphatic rings. The van der Waals surface area contributed by atoms with Crippen LogP contribution in [-0.2, 0) is 0 Å². The third-order valence-corrected chi connectivity index (χ3v) is 6.49. The van der Waals surface area contributed by atoms with E-state index in [0.29, 0.717) is 18.7 Å². The molecule has 0 bridgehead atoms. The average molecular weight is 410 g/mol. The number of benzene rings is 2. The van der Waals surface area contributed by atoms with Crippen molar-refractivity contribution in [3.8, 4) is 5.75 Å². The van der Waals surface area contributed by atoms with Gasteiger partial charge in [-0.05, 0) is 63.1 Å². The summed E-state index contributed by atoms with van der Waals surface area (Å²) in [6.07, 6.45) is 0.125. The summed E-state index contributed by atoms with van der Waals surface area (Å²) in [5, 5.41) is 1.06. The minimum Gasteiger partial charge on any atom is -0.491 e. The van der Waals surface area contributed by atoms with Gasteiger partial charge in [0, 0.05) is 31.7 Å². The van der Waals surface area contributed by atoms with Gasteiger partial charge in [0.25, 0.3) is 5.91 Å². The lowest BCUT2D eigenvalue weighted by Gasteiger charge is -2.34. The molecule has 1 fully saturated rings. The van der Waals surface area contributed by atoms with E-state index < -0.39 is 0 Å². The maximum Gasteiger partial charge on any atom is 0.253 e. The van der Waals surface area contributed by atoms with E-state index in [1.807, 2.05) is 43.0 Å². The van der Waals surface area contributed by atoms with Crippen molar-refractivity contribution in [2.45, 2.75) is 33.8 Å². The molecule has 2 aromatic carbocycles. The number of hydrogen-bond acceptors (Lipinski definition) is 5. The molecule has 29 heavy (non-hydrogen) atoms. The molecule has 1 aliphatic heterocycles. The van der Waals surface area contributed by atoms with Gasteiger partial charge in [0.15, 0.2) is 5.13 Å². The molecular formula is C23H27N3O2S. The number of aromatic nitrogens is 1. The fourth-order valence-electron chi connectivity index (χ4n) is 3.61. The van der Waals surface area contributed by atoms with Crippen LogP contribution in [0.4, 0.5) is 5.13 Å². The number of nitrogens with zero attached hydrogens (tertiary/aromatic N) is 3. The number of piperazine rings is 1. The smallest absolute Gasteiger partial charge is 0.253 e. The highest BCUT2D eigenvalue weighted by Gasteiger charge is 2.24. The predicted molar refractivity (Wildman–Crippen MR) is 119 cm³/mol. The van der Waals surface area contributed by atoms with Gasteiger partial charge in [-0.3, -0.25) is 4.79 Å². The highest BCUT2D eigenvalue weighted by Crippen LogP contribution is 2.33. The van der Waals surface area contributed by atoms with Gasteiger partial charge in [0.1, 0.15) is 5.75 Å². The Bertz CT molecular complexity index is 980. The van der Waals surface area contributed by atoms with Crippen molar-refractivity contribution in [1.29, 1.82) is 0 Å². The van der Waals surface area contributed by atoms with E-state index in [0.717, 1.165) is 29.5 Å². The first kappa shape index (κ1) is 19.7. The molecule has 0 atom stereocenters. The third kappa shape index (κ3) is 4.08. The Labute approximate surface area is 175 Å². The van der Waals surface area contributed by atoms with E-state index in [2.05, 4.69) is 30.9 Å². The van der Waals surface area contributed by atoms with E-state index in [9.17, 15) is 4.79 Å². The van der Waals surface area contributed by atoms with Crippen molar-refractivity contribution in [3.63, 3.8) is 0 Å². The quantitative estimate of drug-likeness (QED) is 0.629. The predicted octanol–water partition coefficient (Wildman–Crippen LogP) is 4.66. The number of carbonyl (C=O) groups is 1. The van der Waals surface area contributed by atoms with Gasteiger partial charge in [-0.2, -0.15) is 0 Å². The van der Waals surface area contributed by atoms with E-state index in [4.69, 9.17) is 9.72 Å². The maximum atomic E-state index is 12.9. The SMILES string of the molecule is Cc1ccc(C)c2sc(N3CCN(C(=O)c4ccc(OC(C)C)cc4)CC3)nc12. The maximum absolute atomic E-state index is 12.9. The van der Waals surface area contributed by atoms with Crippen LogP contribution in [-0.4, -0.2) is 48.1 Å². The van der Waals surface area contributed by atoms with Gasteiger partial charge in [-0.25, -0.2) is 4.98 Å². The largest absolute Gasteiger partial charge is 0.491 e. The van der Waals surface area contributed by atoms with Crippen LogP contribution in [0, 0.1) is 13.8 Å². The Morgan fingerprint density at radius 2 is 1.66 bits per heavy atom. The molecule has 0 aliphatic carbocycles. The summed E-state index contributed by atoms with van der Waals surface area (Å²) >= 11 is 1.75. The third-order valence-electron chi connectivity index (χ3n) is 5.24. The van der Waals surface area contributed by atoms with Crippen molar-refractivity contribution in [3.05, 3.63) is 53.1 Å². The van der Waals surface area contributed by atoms with E-state index in [1.165, 1.54) is 15.8 Å². The van der Waals surface area contributed by atoms with Crippen LogP contribution in [0.3, 0.4) is 0 Å². The molecule has 0 saturated carbocycles. The monoisotopic (exact) mass is 409 g/mol. The number of thiazole rings is 1. The molecule has 5 nitrogen and oxygen atoms in total. The molecule has 0 spiro atoms. The molecule has 0 unspecified atom stereocenters. The second-order valence-electron chi connectivity index (χ2n) is 7.84. The lowest BCUT2D eigenvalue weighted by molar-refractivity contribution is 0.0746. The van der Waals surface area contributed by atoms with Crippen LogP contribution < -0.4 is 9.64 Å². The topological polar surface area (TPSA) is 45.7 Å². The number of ether oxygens (including phenoxy) is 1. The first-order chi connectivity index (χ1) is 13.9. The number of hydrogen-bond donors (Lipinski definition) is 0. The number of rotatable bonds is 4. The van der Waals surface area contributed by atoms with Crippen molar-refractivity contribution >= 4 is 32.6 Å². The Kier molecular flexibility index (Phi) is 5.46. The lowest BCUT2D eigenvalue weighted by Crippen LogP contribution is -2.48. The zero-order valence-electron chi connectivity index (χ0n) is 17.4. The normalized spacial score (nSPS) is 14.7. The average Bonchev–Trinajstić information content (AvgIpc) is 3.17. The van der Waals surface area contributed by atoms with Crippen LogP contribution in [0.1, 0.15) is 35.3 Å². The first-order valence-electron chi connectivity index (χ1n) is 10.1. The van der Waals surface area contributed by atoms with Crippen molar-refractivity contribution in [2.24, 2.45) is 0 Å². The Morgan fingerprint density at radius 3 is 2.28 bits per heavy atom. The number of amides is 1. The summed E-state index contributed by atoms with van der Waals surface area (Å²) in [4.78, 5) is 22.0. The number of anilines is 1. The molecule has 1 amide bonds. The Morgan fingerprint density at radius 1 is 1.00 bits per heavy atom. The molecule has 2 heterocycles. The summed E-state index contributed by atoms with van der Waals surface area (Å²) in [6.45, 7) is 11.3. The van der Waals surface area contributed by atoms with Crippen LogP contribution in [0.15, 0.2) is 36.4 Å². The van der Waals surface area contributed by atoms with Gasteiger partial charge < -0.3 is 14.5 Å². The first-order valence-corrected chi connectivity index (χ1v) is 10.9. The molecule has 152 valence electrons. The van der Waals surface area contributed by atoms with Crippen LogP contribution in [0.25, 0.3) is 10.2 Å². The fourth-order valence-corrected chi connectivity index (χ4v) is 4.78. The summed E-state index contributed by atoms with van der Waals surface area (Å²) in [7, 11) is 0. The molecule has 1 saturated heterocycles. The summed E-state index contributed by atoms with van der Waals surface area (Å²) < 4.78 is 6.93. The second-order valence-corrected chi connectivity index (χ2v) is 8.82. The molecule has 4 rings (SSSR count). The molecular weight excluding hydrogens is 382 g/mol. The summed E-state index contributed by atoms with van der Waals surface area (Å²) in [5.74, 6) is 0.875. The van der Waals surface area contributed by atoms with E-state index in [1.54, 1.807) is 11.3 Å². The zero-order valence-corrected chi connectivity index (χ0v) is 18.3. The number of carbonyl (C=O) groups excluding carboxylic acids is 1. The fraction of sp³-hybridized carbons (Fsp3) is 0.391. The molecule has 0 N–H and O–H groups in total. The number of fused-ring (bicyclic) bond motifs is 1. The summed E-state index contributed by atoms with van der Waals surface area (Å²) in [6, 6.07) is 11.7. The van der Waals surface area contributed by atoms with Gasteiger partial charge >= 0.3 is 0 Å². The Balaban J connectivity index is 1.42. The second kappa shape index (κ2) is 8.03. The minimum absolute atomic E-state index is 0.0803. The molecule has 6 heteroatoms. The van der Waals surface area contributed by atoms with Crippen molar-refractivity contribution in [1.82, 2.24) is 9.88 Å². The molecule has 1 aromatic heterocycles. The minimum atomic E-state index is 0.0803. The number of aryl methyl sites for hydroxylation is 2. The van der Waals surface area contributed by atoms with Gasteiger partial charge in [-0.1, -0.05) is 23.5 Å². The van der Waals surface area contributed by atoms with Crippen LogP contribution >= 0.6 is 11.3 Å². The van der Waals surface area contributed by atoms with E-state index in [-0.39, 0.29) is 12.0 Å². The van der Waals surface area contributed by atoms with Crippen LogP contribution in [0.5, 0.6) is 5.75 Å².